The minimum Gasteiger partial charge on any atom is -0.393 e. The van der Waals surface area contributed by atoms with Gasteiger partial charge in [0, 0.05) is 45.6 Å². The van der Waals surface area contributed by atoms with Crippen LogP contribution in [-0.2, 0) is 20.4 Å². The van der Waals surface area contributed by atoms with Crippen molar-refractivity contribution in [2.75, 3.05) is 18.4 Å². The van der Waals surface area contributed by atoms with Gasteiger partial charge in [0.05, 0.1) is 33.6 Å². The number of sulfone groups is 1. The van der Waals surface area contributed by atoms with E-state index in [0.717, 1.165) is 5.69 Å². The van der Waals surface area contributed by atoms with Gasteiger partial charge in [0.15, 0.2) is 9.84 Å². The molecule has 0 bridgehead atoms. The molecule has 5 rings (SSSR count). The lowest BCUT2D eigenvalue weighted by atomic mass is 10.0. The van der Waals surface area contributed by atoms with Crippen LogP contribution in [0.15, 0.2) is 47.4 Å². The van der Waals surface area contributed by atoms with Gasteiger partial charge in [-0.15, -0.1) is 0 Å². The van der Waals surface area contributed by atoms with E-state index in [1.807, 2.05) is 6.92 Å². The Balaban J connectivity index is 1.50. The predicted octanol–water partition coefficient (Wildman–Crippen LogP) is 4.69. The van der Waals surface area contributed by atoms with E-state index in [0.29, 0.717) is 54.0 Å². The molecule has 2 aliphatic heterocycles. The number of rotatable bonds is 5. The number of halogens is 2. The monoisotopic (exact) mass is 573 g/mol. The van der Waals surface area contributed by atoms with Crippen LogP contribution in [0.5, 0.6) is 0 Å². The number of hydrogen-bond donors (Lipinski definition) is 3. The lowest BCUT2D eigenvalue weighted by molar-refractivity contribution is -0.110. The molecule has 0 unspecified atom stereocenters. The molecule has 2 aromatic carbocycles. The fraction of sp³-hybridized carbons (Fsp3) is 0.259. The van der Waals surface area contributed by atoms with Crippen LogP contribution in [0.3, 0.4) is 0 Å². The number of aromatic nitrogens is 1. The fourth-order valence-corrected chi connectivity index (χ4v) is 6.85. The Morgan fingerprint density at radius 1 is 1.13 bits per heavy atom. The summed E-state index contributed by atoms with van der Waals surface area (Å²) >= 11 is 12.4. The van der Waals surface area contributed by atoms with Crippen molar-refractivity contribution >= 4 is 62.2 Å². The highest BCUT2D eigenvalue weighted by Crippen LogP contribution is 2.37. The van der Waals surface area contributed by atoms with Crippen molar-refractivity contribution in [3.8, 4) is 0 Å². The van der Waals surface area contributed by atoms with Crippen molar-refractivity contribution in [3.05, 3.63) is 80.6 Å². The van der Waals surface area contributed by atoms with Crippen LogP contribution < -0.4 is 5.32 Å². The molecule has 8 nitrogen and oxygen atoms in total. The van der Waals surface area contributed by atoms with Gasteiger partial charge in [-0.25, -0.2) is 8.42 Å². The summed E-state index contributed by atoms with van der Waals surface area (Å²) in [6.07, 6.45) is 2.18. The van der Waals surface area contributed by atoms with Gasteiger partial charge >= 0.3 is 0 Å². The molecule has 11 heteroatoms. The van der Waals surface area contributed by atoms with E-state index < -0.39 is 27.6 Å². The number of aromatic amines is 1. The second-order valence-electron chi connectivity index (χ2n) is 9.48. The Morgan fingerprint density at radius 2 is 1.82 bits per heavy atom. The quantitative estimate of drug-likeness (QED) is 0.382. The fourth-order valence-electron chi connectivity index (χ4n) is 4.73. The average molecular weight is 574 g/mol. The molecule has 0 aliphatic carbocycles. The van der Waals surface area contributed by atoms with Crippen LogP contribution in [0.1, 0.15) is 45.7 Å². The van der Waals surface area contributed by atoms with E-state index in [4.69, 9.17) is 23.2 Å². The first kappa shape index (κ1) is 26.5. The van der Waals surface area contributed by atoms with E-state index in [1.165, 1.54) is 12.1 Å². The molecule has 3 heterocycles. The van der Waals surface area contributed by atoms with Crippen LogP contribution >= 0.6 is 23.2 Å². The van der Waals surface area contributed by atoms with E-state index >= 15 is 0 Å². The van der Waals surface area contributed by atoms with Crippen LogP contribution in [0.2, 0.25) is 10.0 Å². The first-order valence-corrected chi connectivity index (χ1v) is 14.4. The van der Waals surface area contributed by atoms with E-state index in [9.17, 15) is 23.1 Å². The highest BCUT2D eigenvalue weighted by molar-refractivity contribution is 7.90. The standard InChI is InChI=1S/C27H25Cl2N3O5S/c1-15-11-20(27(35)32-9-7-16(33)8-10-32)25(30-15)13-19-18-12-17(5-6-24(18)31-26(19)34)38(36,37)14-21-22(28)3-2-4-23(21)29/h2-6,11-13,16,30,33H,7-10,14H2,1H3,(H,31,34)/b19-13-. The summed E-state index contributed by atoms with van der Waals surface area (Å²) in [7, 11) is -3.85. The second-order valence-corrected chi connectivity index (χ2v) is 12.3. The molecule has 3 aromatic rings. The number of fused-ring (bicyclic) bond motifs is 1. The largest absolute Gasteiger partial charge is 0.393 e. The molecule has 2 aliphatic rings. The minimum atomic E-state index is -3.85. The number of aliphatic hydroxyl groups excluding tert-OH is 1. The van der Waals surface area contributed by atoms with E-state index in [1.54, 1.807) is 41.3 Å². The third-order valence-electron chi connectivity index (χ3n) is 6.78. The van der Waals surface area contributed by atoms with Crippen LogP contribution in [0.25, 0.3) is 11.6 Å². The van der Waals surface area contributed by atoms with Crippen molar-refractivity contribution in [1.29, 1.82) is 0 Å². The number of piperidine rings is 1. The number of likely N-dealkylation sites (tertiary alicyclic amines) is 1. The smallest absolute Gasteiger partial charge is 0.256 e. The molecular formula is C27H25Cl2N3O5S. The predicted molar refractivity (Wildman–Crippen MR) is 147 cm³/mol. The van der Waals surface area contributed by atoms with Crippen molar-refractivity contribution in [2.45, 2.75) is 36.5 Å². The number of benzene rings is 2. The minimum absolute atomic E-state index is 0.0143. The maximum atomic E-state index is 13.3. The zero-order valence-electron chi connectivity index (χ0n) is 20.4. The topological polar surface area (TPSA) is 120 Å². The molecular weight excluding hydrogens is 549 g/mol. The zero-order chi connectivity index (χ0) is 27.2. The summed E-state index contributed by atoms with van der Waals surface area (Å²) in [5, 5.41) is 13.0. The van der Waals surface area contributed by atoms with Gasteiger partial charge in [0.2, 0.25) is 0 Å². The number of H-pyrrole nitrogens is 1. The van der Waals surface area contributed by atoms with Gasteiger partial charge in [-0.2, -0.15) is 0 Å². The van der Waals surface area contributed by atoms with Crippen molar-refractivity contribution in [2.24, 2.45) is 0 Å². The number of nitrogens with one attached hydrogen (secondary N) is 2. The summed E-state index contributed by atoms with van der Waals surface area (Å²) < 4.78 is 26.6. The van der Waals surface area contributed by atoms with Gasteiger partial charge < -0.3 is 20.3 Å². The van der Waals surface area contributed by atoms with Gasteiger partial charge in [-0.05, 0) is 62.2 Å². The average Bonchev–Trinajstić information content (AvgIpc) is 3.40. The SMILES string of the molecule is Cc1cc(C(=O)N2CCC(O)CC2)c(/C=C2\C(=O)Nc3ccc(S(=O)(=O)Cc4c(Cl)cccc4Cl)cc32)[nH]1. The number of hydrogen-bond acceptors (Lipinski definition) is 5. The van der Waals surface area contributed by atoms with Gasteiger partial charge in [0.1, 0.15) is 0 Å². The Kier molecular flexibility index (Phi) is 7.13. The van der Waals surface area contributed by atoms with Gasteiger partial charge in [0.25, 0.3) is 11.8 Å². The van der Waals surface area contributed by atoms with Crippen molar-refractivity contribution in [1.82, 2.24) is 9.88 Å². The van der Waals surface area contributed by atoms with Crippen LogP contribution in [0, 0.1) is 6.92 Å². The van der Waals surface area contributed by atoms with Gasteiger partial charge in [-0.1, -0.05) is 29.3 Å². The Bertz CT molecular complexity index is 1570. The Hall–Kier alpha value is -3.11. The van der Waals surface area contributed by atoms with Gasteiger partial charge in [-0.3, -0.25) is 9.59 Å². The number of aryl methyl sites for hydroxylation is 1. The number of nitrogens with zero attached hydrogens (tertiary/aromatic N) is 1. The zero-order valence-corrected chi connectivity index (χ0v) is 22.8. The molecule has 3 N–H and O–H groups in total. The third-order valence-corrected chi connectivity index (χ3v) is 9.13. The molecule has 38 heavy (non-hydrogen) atoms. The Morgan fingerprint density at radius 3 is 2.50 bits per heavy atom. The molecule has 1 aromatic heterocycles. The lowest BCUT2D eigenvalue weighted by Gasteiger charge is -2.29. The number of carbonyl (C=O) groups excluding carboxylic acids is 2. The number of anilines is 1. The lowest BCUT2D eigenvalue weighted by Crippen LogP contribution is -2.40. The summed E-state index contributed by atoms with van der Waals surface area (Å²) in [5.41, 5.74) is 3.01. The van der Waals surface area contributed by atoms with Crippen molar-refractivity contribution in [3.63, 3.8) is 0 Å². The highest BCUT2D eigenvalue weighted by Gasteiger charge is 2.30. The van der Waals surface area contributed by atoms with Crippen molar-refractivity contribution < 1.29 is 23.1 Å². The number of carbonyl (C=O) groups is 2. The molecule has 0 saturated carbocycles. The maximum absolute atomic E-state index is 13.3. The molecule has 2 amide bonds. The normalized spacial score (nSPS) is 17.1. The first-order chi connectivity index (χ1) is 18.0. The summed E-state index contributed by atoms with van der Waals surface area (Å²) in [6.45, 7) is 2.70. The molecule has 198 valence electrons. The second kappa shape index (κ2) is 10.2. The molecule has 1 saturated heterocycles. The molecule has 0 radical (unpaired) electrons. The number of amides is 2. The molecule has 0 spiro atoms. The van der Waals surface area contributed by atoms with E-state index in [2.05, 4.69) is 10.3 Å². The highest BCUT2D eigenvalue weighted by atomic mass is 35.5. The first-order valence-electron chi connectivity index (χ1n) is 12.0. The summed E-state index contributed by atoms with van der Waals surface area (Å²) in [6, 6.07) is 10.9. The molecule has 1 fully saturated rings. The summed E-state index contributed by atoms with van der Waals surface area (Å²) in [4.78, 5) is 31.0. The maximum Gasteiger partial charge on any atom is 0.256 e. The third kappa shape index (κ3) is 5.11. The van der Waals surface area contributed by atoms with E-state index in [-0.39, 0.29) is 26.4 Å². The summed E-state index contributed by atoms with van der Waals surface area (Å²) in [5.74, 6) is -1.00. The van der Waals surface area contributed by atoms with Crippen LogP contribution in [0.4, 0.5) is 5.69 Å². The van der Waals surface area contributed by atoms with Crippen LogP contribution in [-0.4, -0.2) is 54.4 Å². The molecule has 0 atom stereocenters. The Labute approximate surface area is 230 Å². The number of aliphatic hydroxyl groups is 1.